The molecule has 1 aromatic rings. The highest BCUT2D eigenvalue weighted by atomic mass is 19.1. The van der Waals surface area contributed by atoms with Crippen molar-refractivity contribution in [3.05, 3.63) is 35.6 Å². The number of benzene rings is 1. The highest BCUT2D eigenvalue weighted by Crippen LogP contribution is 2.29. The summed E-state index contributed by atoms with van der Waals surface area (Å²) in [6.45, 7) is 3.90. The minimum Gasteiger partial charge on any atom is -0.353 e. The third-order valence-electron chi connectivity index (χ3n) is 3.10. The van der Waals surface area contributed by atoms with E-state index in [1.54, 1.807) is 12.1 Å². The third-order valence-corrected chi connectivity index (χ3v) is 3.10. The highest BCUT2D eigenvalue weighted by Gasteiger charge is 2.38. The molecule has 1 aliphatic rings. The van der Waals surface area contributed by atoms with Gasteiger partial charge in [-0.3, -0.25) is 4.79 Å². The lowest BCUT2D eigenvalue weighted by atomic mass is 9.88. The summed E-state index contributed by atoms with van der Waals surface area (Å²) in [7, 11) is 0. The van der Waals surface area contributed by atoms with E-state index in [1.165, 1.54) is 12.1 Å². The first-order chi connectivity index (χ1) is 7.47. The molecular formula is C13H16FNO. The summed E-state index contributed by atoms with van der Waals surface area (Å²) in [6.07, 6.45) is 1.61. The summed E-state index contributed by atoms with van der Waals surface area (Å²) in [5.74, 6) is -0.112. The van der Waals surface area contributed by atoms with Crippen LogP contribution >= 0.6 is 0 Å². The Labute approximate surface area is 94.9 Å². The van der Waals surface area contributed by atoms with Crippen LogP contribution in [-0.2, 0) is 11.2 Å². The maximum atomic E-state index is 12.7. The van der Waals surface area contributed by atoms with Gasteiger partial charge < -0.3 is 5.32 Å². The molecule has 0 aliphatic carbocycles. The molecule has 1 aromatic carbocycles. The van der Waals surface area contributed by atoms with Gasteiger partial charge in [-0.25, -0.2) is 4.39 Å². The van der Waals surface area contributed by atoms with Gasteiger partial charge in [0.05, 0.1) is 0 Å². The predicted octanol–water partition coefficient (Wildman–Crippen LogP) is 2.28. The minimum atomic E-state index is -0.273. The van der Waals surface area contributed by atoms with Crippen LogP contribution in [0.3, 0.4) is 0 Å². The van der Waals surface area contributed by atoms with E-state index in [0.29, 0.717) is 0 Å². The summed E-state index contributed by atoms with van der Waals surface area (Å²) in [5, 5.41) is 2.97. The third kappa shape index (κ3) is 2.23. The summed E-state index contributed by atoms with van der Waals surface area (Å²) in [5.41, 5.74) is 0.787. The number of nitrogens with one attached hydrogen (secondary N) is 1. The average molecular weight is 221 g/mol. The maximum absolute atomic E-state index is 12.7. The predicted molar refractivity (Wildman–Crippen MR) is 60.4 cm³/mol. The van der Waals surface area contributed by atoms with Crippen molar-refractivity contribution < 1.29 is 9.18 Å². The van der Waals surface area contributed by atoms with Gasteiger partial charge >= 0.3 is 0 Å². The average Bonchev–Trinajstić information content (AvgIpc) is 2.44. The number of rotatable bonds is 2. The molecule has 0 aromatic heterocycles. The number of hydrogen-bond donors (Lipinski definition) is 1. The van der Waals surface area contributed by atoms with Crippen LogP contribution in [0.5, 0.6) is 0 Å². The van der Waals surface area contributed by atoms with Crippen LogP contribution in [0.25, 0.3) is 0 Å². The molecule has 1 fully saturated rings. The smallest absolute Gasteiger partial charge is 0.225 e. The van der Waals surface area contributed by atoms with Crippen LogP contribution < -0.4 is 5.32 Å². The van der Waals surface area contributed by atoms with Crippen molar-refractivity contribution >= 4 is 5.91 Å². The van der Waals surface area contributed by atoms with E-state index in [-0.39, 0.29) is 23.2 Å². The van der Waals surface area contributed by atoms with Gasteiger partial charge in [0.1, 0.15) is 5.82 Å². The summed E-state index contributed by atoms with van der Waals surface area (Å²) < 4.78 is 12.7. The van der Waals surface area contributed by atoms with Crippen LogP contribution in [0.15, 0.2) is 24.3 Å². The molecule has 1 saturated heterocycles. The molecule has 0 saturated carbocycles. The first-order valence-corrected chi connectivity index (χ1v) is 5.53. The zero-order valence-electron chi connectivity index (χ0n) is 9.59. The fourth-order valence-electron chi connectivity index (χ4n) is 2.17. The normalized spacial score (nSPS) is 23.2. The van der Waals surface area contributed by atoms with Crippen molar-refractivity contribution in [2.24, 2.45) is 5.41 Å². The number of carbonyl (C=O) groups excluding carboxylic acids is 1. The van der Waals surface area contributed by atoms with Crippen LogP contribution in [0.4, 0.5) is 4.39 Å². The van der Waals surface area contributed by atoms with Gasteiger partial charge in [0.15, 0.2) is 0 Å². The summed E-state index contributed by atoms with van der Waals surface area (Å²) in [4.78, 5) is 11.6. The molecule has 1 unspecified atom stereocenters. The highest BCUT2D eigenvalue weighted by molar-refractivity contribution is 5.84. The van der Waals surface area contributed by atoms with Gasteiger partial charge in [-0.1, -0.05) is 26.0 Å². The lowest BCUT2D eigenvalue weighted by Crippen LogP contribution is -2.29. The Bertz CT molecular complexity index is 397. The van der Waals surface area contributed by atoms with E-state index in [1.807, 2.05) is 13.8 Å². The first-order valence-electron chi connectivity index (χ1n) is 5.53. The molecule has 0 spiro atoms. The molecule has 2 nitrogen and oxygen atoms in total. The Kier molecular flexibility index (Phi) is 2.70. The first kappa shape index (κ1) is 11.1. The molecule has 3 heteroatoms. The van der Waals surface area contributed by atoms with E-state index in [0.717, 1.165) is 18.4 Å². The molecule has 1 heterocycles. The molecule has 1 aliphatic heterocycles. The van der Waals surface area contributed by atoms with E-state index in [2.05, 4.69) is 5.32 Å². The number of carbonyl (C=O) groups is 1. The second-order valence-corrected chi connectivity index (χ2v) is 5.09. The van der Waals surface area contributed by atoms with Gasteiger partial charge in [-0.05, 0) is 30.5 Å². The lowest BCUT2D eigenvalue weighted by molar-refractivity contribution is -0.126. The Morgan fingerprint density at radius 2 is 2.00 bits per heavy atom. The molecular weight excluding hydrogens is 205 g/mol. The Balaban J connectivity index is 2.02. The number of halogens is 1. The van der Waals surface area contributed by atoms with E-state index < -0.39 is 0 Å². The second-order valence-electron chi connectivity index (χ2n) is 5.09. The molecule has 86 valence electrons. The molecule has 1 amide bonds. The molecule has 2 rings (SSSR count). The minimum absolute atomic E-state index is 0.111. The lowest BCUT2D eigenvalue weighted by Gasteiger charge is -2.12. The molecule has 16 heavy (non-hydrogen) atoms. The largest absolute Gasteiger partial charge is 0.353 e. The van der Waals surface area contributed by atoms with Gasteiger partial charge in [0.2, 0.25) is 5.91 Å². The summed E-state index contributed by atoms with van der Waals surface area (Å²) >= 11 is 0. The van der Waals surface area contributed by atoms with Crippen molar-refractivity contribution in [2.45, 2.75) is 32.7 Å². The fourth-order valence-corrected chi connectivity index (χ4v) is 2.17. The molecule has 0 bridgehead atoms. The quantitative estimate of drug-likeness (QED) is 0.815. The number of amides is 1. The Morgan fingerprint density at radius 1 is 1.38 bits per heavy atom. The zero-order valence-corrected chi connectivity index (χ0v) is 9.59. The molecule has 1 N–H and O–H groups in total. The zero-order chi connectivity index (χ0) is 11.8. The monoisotopic (exact) mass is 221 g/mol. The second kappa shape index (κ2) is 3.89. The van der Waals surface area contributed by atoms with Crippen LogP contribution in [-0.4, -0.2) is 11.9 Å². The maximum Gasteiger partial charge on any atom is 0.225 e. The van der Waals surface area contributed by atoms with Crippen molar-refractivity contribution in [1.29, 1.82) is 0 Å². The van der Waals surface area contributed by atoms with Gasteiger partial charge in [-0.15, -0.1) is 0 Å². The van der Waals surface area contributed by atoms with E-state index >= 15 is 0 Å². The fraction of sp³-hybridized carbons (Fsp3) is 0.462. The molecule has 0 radical (unpaired) electrons. The van der Waals surface area contributed by atoms with Crippen molar-refractivity contribution in [3.8, 4) is 0 Å². The van der Waals surface area contributed by atoms with Crippen molar-refractivity contribution in [3.63, 3.8) is 0 Å². The van der Waals surface area contributed by atoms with Gasteiger partial charge in [0.25, 0.3) is 0 Å². The van der Waals surface area contributed by atoms with E-state index in [9.17, 15) is 9.18 Å². The van der Waals surface area contributed by atoms with Gasteiger partial charge in [-0.2, -0.15) is 0 Å². The molecule has 1 atom stereocenters. The topological polar surface area (TPSA) is 29.1 Å². The standard InChI is InChI=1S/C13H16FNO/c1-13(2)8-11(15-12(13)16)7-9-3-5-10(14)6-4-9/h3-6,11H,7-8H2,1-2H3,(H,15,16). The van der Waals surface area contributed by atoms with Crippen molar-refractivity contribution in [2.75, 3.05) is 0 Å². The van der Waals surface area contributed by atoms with Crippen LogP contribution in [0.2, 0.25) is 0 Å². The Morgan fingerprint density at radius 3 is 2.50 bits per heavy atom. The SMILES string of the molecule is CC1(C)CC(Cc2ccc(F)cc2)NC1=O. The number of hydrogen-bond acceptors (Lipinski definition) is 1. The van der Waals surface area contributed by atoms with Gasteiger partial charge in [0, 0.05) is 11.5 Å². The van der Waals surface area contributed by atoms with Crippen LogP contribution in [0, 0.1) is 11.2 Å². The van der Waals surface area contributed by atoms with Crippen LogP contribution in [0.1, 0.15) is 25.8 Å². The van der Waals surface area contributed by atoms with Crippen molar-refractivity contribution in [1.82, 2.24) is 5.32 Å². The summed E-state index contributed by atoms with van der Waals surface area (Å²) in [6, 6.07) is 6.63. The Hall–Kier alpha value is -1.38. The van der Waals surface area contributed by atoms with E-state index in [4.69, 9.17) is 0 Å².